The molecule has 1 aromatic heterocycles. The highest BCUT2D eigenvalue weighted by molar-refractivity contribution is 8.00. The number of nitrogens with zero attached hydrogens (tertiary/aromatic N) is 1. The van der Waals surface area contributed by atoms with Crippen LogP contribution in [-0.4, -0.2) is 20.3 Å². The molecular weight excluding hydrogens is 291 g/mol. The molecule has 1 aliphatic heterocycles. The number of imidazole rings is 1. The lowest BCUT2D eigenvalue weighted by Gasteiger charge is -2.12. The summed E-state index contributed by atoms with van der Waals surface area (Å²) in [6.45, 7) is 0. The number of H-pyrrole nitrogens is 1. The standard InChI is InChI=1S/C12H10Cl2N2OS/c13-7-3-6-9(4-8(7)14)18-10(12(6)17)5-11-15-1-2-16-11/h1-4,10,12,17H,5H2,(H,15,16)/t10-,12-/m0/s1. The molecule has 2 aromatic rings. The first-order valence-corrected chi connectivity index (χ1v) is 7.10. The van der Waals surface area contributed by atoms with E-state index in [4.69, 9.17) is 23.2 Å². The molecule has 6 heteroatoms. The van der Waals surface area contributed by atoms with Gasteiger partial charge in [0.2, 0.25) is 0 Å². The van der Waals surface area contributed by atoms with Crippen molar-refractivity contribution in [2.45, 2.75) is 22.7 Å². The number of aliphatic hydroxyl groups is 1. The number of thioether (sulfide) groups is 1. The van der Waals surface area contributed by atoms with E-state index in [0.717, 1.165) is 16.3 Å². The third-order valence-corrected chi connectivity index (χ3v) is 5.01. The Bertz CT molecular complexity index is 574. The maximum absolute atomic E-state index is 10.3. The summed E-state index contributed by atoms with van der Waals surface area (Å²) >= 11 is 13.6. The third-order valence-electron chi connectivity index (χ3n) is 2.95. The van der Waals surface area contributed by atoms with Crippen molar-refractivity contribution >= 4 is 35.0 Å². The molecule has 1 aromatic carbocycles. The van der Waals surface area contributed by atoms with Crippen LogP contribution in [0, 0.1) is 0 Å². The van der Waals surface area contributed by atoms with Crippen molar-refractivity contribution in [2.24, 2.45) is 0 Å². The maximum Gasteiger partial charge on any atom is 0.107 e. The molecule has 0 saturated heterocycles. The van der Waals surface area contributed by atoms with Crippen LogP contribution in [0.25, 0.3) is 0 Å². The zero-order chi connectivity index (χ0) is 12.7. The molecule has 0 fully saturated rings. The van der Waals surface area contributed by atoms with Gasteiger partial charge in [-0.25, -0.2) is 4.98 Å². The van der Waals surface area contributed by atoms with Gasteiger partial charge in [0.25, 0.3) is 0 Å². The van der Waals surface area contributed by atoms with Gasteiger partial charge in [-0.3, -0.25) is 0 Å². The molecule has 2 heterocycles. The van der Waals surface area contributed by atoms with Gasteiger partial charge in [-0.05, 0) is 17.7 Å². The van der Waals surface area contributed by atoms with Crippen molar-refractivity contribution < 1.29 is 5.11 Å². The number of hydrogen-bond acceptors (Lipinski definition) is 3. The summed E-state index contributed by atoms with van der Waals surface area (Å²) in [4.78, 5) is 8.22. The van der Waals surface area contributed by atoms with Gasteiger partial charge in [0.1, 0.15) is 5.82 Å². The molecular formula is C12H10Cl2N2OS. The van der Waals surface area contributed by atoms with E-state index in [1.165, 1.54) is 0 Å². The Balaban J connectivity index is 1.87. The Labute approximate surface area is 119 Å². The summed E-state index contributed by atoms with van der Waals surface area (Å²) in [5.41, 5.74) is 0.853. The van der Waals surface area contributed by atoms with Crippen molar-refractivity contribution in [1.82, 2.24) is 9.97 Å². The molecule has 0 radical (unpaired) electrons. The molecule has 0 amide bonds. The molecule has 0 bridgehead atoms. The fourth-order valence-corrected chi connectivity index (χ4v) is 3.80. The normalized spacial score (nSPS) is 22.2. The van der Waals surface area contributed by atoms with Crippen LogP contribution in [-0.2, 0) is 6.42 Å². The minimum Gasteiger partial charge on any atom is -0.387 e. The zero-order valence-corrected chi connectivity index (χ0v) is 11.6. The first-order valence-electron chi connectivity index (χ1n) is 5.47. The fraction of sp³-hybridized carbons (Fsp3) is 0.250. The van der Waals surface area contributed by atoms with E-state index >= 15 is 0 Å². The molecule has 0 unspecified atom stereocenters. The lowest BCUT2D eigenvalue weighted by molar-refractivity contribution is 0.175. The molecule has 2 N–H and O–H groups in total. The van der Waals surface area contributed by atoms with Crippen molar-refractivity contribution in [3.05, 3.63) is 46.0 Å². The molecule has 3 rings (SSSR count). The number of fused-ring (bicyclic) bond motifs is 1. The monoisotopic (exact) mass is 300 g/mol. The first-order chi connectivity index (χ1) is 8.65. The molecule has 0 spiro atoms. The van der Waals surface area contributed by atoms with E-state index in [2.05, 4.69) is 9.97 Å². The summed E-state index contributed by atoms with van der Waals surface area (Å²) in [5.74, 6) is 0.872. The van der Waals surface area contributed by atoms with Crippen LogP contribution >= 0.6 is 35.0 Å². The van der Waals surface area contributed by atoms with Crippen LogP contribution in [0.4, 0.5) is 0 Å². The number of benzene rings is 1. The fourth-order valence-electron chi connectivity index (χ4n) is 2.06. The number of halogens is 2. The Hall–Kier alpha value is -0.680. The molecule has 3 nitrogen and oxygen atoms in total. The Morgan fingerprint density at radius 1 is 1.33 bits per heavy atom. The second-order valence-corrected chi connectivity index (χ2v) is 6.24. The number of aliphatic hydroxyl groups excluding tert-OH is 1. The second kappa shape index (κ2) is 4.78. The average Bonchev–Trinajstić information content (AvgIpc) is 2.93. The highest BCUT2D eigenvalue weighted by Gasteiger charge is 2.33. The number of aromatic amines is 1. The lowest BCUT2D eigenvalue weighted by atomic mass is 10.0. The lowest BCUT2D eigenvalue weighted by Crippen LogP contribution is -2.13. The van der Waals surface area contributed by atoms with E-state index in [0.29, 0.717) is 16.5 Å². The van der Waals surface area contributed by atoms with Crippen molar-refractivity contribution in [3.63, 3.8) is 0 Å². The predicted molar refractivity (Wildman–Crippen MR) is 73.4 cm³/mol. The van der Waals surface area contributed by atoms with Crippen molar-refractivity contribution in [1.29, 1.82) is 0 Å². The minimum atomic E-state index is -0.537. The molecule has 18 heavy (non-hydrogen) atoms. The predicted octanol–water partition coefficient (Wildman–Crippen LogP) is 3.47. The van der Waals surface area contributed by atoms with Gasteiger partial charge >= 0.3 is 0 Å². The van der Waals surface area contributed by atoms with Crippen LogP contribution < -0.4 is 0 Å². The maximum atomic E-state index is 10.3. The Kier molecular flexibility index (Phi) is 3.28. The number of nitrogens with one attached hydrogen (secondary N) is 1. The van der Waals surface area contributed by atoms with Gasteiger partial charge in [-0.1, -0.05) is 23.2 Å². The third kappa shape index (κ3) is 2.14. The van der Waals surface area contributed by atoms with E-state index in [-0.39, 0.29) is 5.25 Å². The molecule has 0 aliphatic carbocycles. The zero-order valence-electron chi connectivity index (χ0n) is 9.23. The summed E-state index contributed by atoms with van der Waals surface area (Å²) < 4.78 is 0. The quantitative estimate of drug-likeness (QED) is 0.893. The minimum absolute atomic E-state index is 0.0423. The number of hydrogen-bond donors (Lipinski definition) is 2. The first kappa shape index (κ1) is 12.4. The van der Waals surface area contributed by atoms with Crippen molar-refractivity contribution in [3.8, 4) is 0 Å². The van der Waals surface area contributed by atoms with E-state index in [9.17, 15) is 5.11 Å². The second-order valence-electron chi connectivity index (χ2n) is 4.15. The molecule has 0 saturated carbocycles. The summed E-state index contributed by atoms with van der Waals surface area (Å²) in [6, 6.07) is 3.56. The summed E-state index contributed by atoms with van der Waals surface area (Å²) in [5, 5.41) is 11.3. The summed E-state index contributed by atoms with van der Waals surface area (Å²) in [7, 11) is 0. The largest absolute Gasteiger partial charge is 0.387 e. The van der Waals surface area contributed by atoms with E-state index in [1.807, 2.05) is 6.07 Å². The Morgan fingerprint density at radius 3 is 2.83 bits per heavy atom. The average molecular weight is 301 g/mol. The molecule has 2 atom stereocenters. The SMILES string of the molecule is O[C@H]1c2cc(Cl)c(Cl)cc2S[C@H]1Cc1ncc[nH]1. The van der Waals surface area contributed by atoms with Crippen LogP contribution in [0.2, 0.25) is 10.0 Å². The van der Waals surface area contributed by atoms with Crippen LogP contribution in [0.3, 0.4) is 0 Å². The van der Waals surface area contributed by atoms with Gasteiger partial charge < -0.3 is 10.1 Å². The number of rotatable bonds is 2. The topological polar surface area (TPSA) is 48.9 Å². The Morgan fingerprint density at radius 2 is 2.11 bits per heavy atom. The molecule has 1 aliphatic rings. The number of aromatic nitrogens is 2. The van der Waals surface area contributed by atoms with E-state index in [1.54, 1.807) is 30.2 Å². The van der Waals surface area contributed by atoms with Gasteiger partial charge in [0.15, 0.2) is 0 Å². The van der Waals surface area contributed by atoms with Gasteiger partial charge in [0.05, 0.1) is 16.1 Å². The highest BCUT2D eigenvalue weighted by atomic mass is 35.5. The van der Waals surface area contributed by atoms with Gasteiger partial charge in [-0.15, -0.1) is 11.8 Å². The highest BCUT2D eigenvalue weighted by Crippen LogP contribution is 2.47. The molecule has 94 valence electrons. The van der Waals surface area contributed by atoms with Crippen molar-refractivity contribution in [2.75, 3.05) is 0 Å². The van der Waals surface area contributed by atoms with Crippen LogP contribution in [0.15, 0.2) is 29.4 Å². The van der Waals surface area contributed by atoms with Gasteiger partial charge in [0, 0.05) is 29.0 Å². The van der Waals surface area contributed by atoms with Crippen LogP contribution in [0.5, 0.6) is 0 Å². The van der Waals surface area contributed by atoms with E-state index < -0.39 is 6.10 Å². The summed E-state index contributed by atoms with van der Waals surface area (Å²) in [6.07, 6.45) is 3.64. The van der Waals surface area contributed by atoms with Gasteiger partial charge in [-0.2, -0.15) is 0 Å². The smallest absolute Gasteiger partial charge is 0.107 e. The van der Waals surface area contributed by atoms with Crippen LogP contribution in [0.1, 0.15) is 17.5 Å².